The van der Waals surface area contributed by atoms with E-state index in [0.717, 1.165) is 23.4 Å². The molecule has 0 spiro atoms. The molecular formula is C16H18ClN5. The number of fused-ring (bicyclic) bond motifs is 1. The average Bonchev–Trinajstić information content (AvgIpc) is 3.19. The Morgan fingerprint density at radius 1 is 1.27 bits per heavy atom. The second-order valence-electron chi connectivity index (χ2n) is 5.91. The van der Waals surface area contributed by atoms with Crippen LogP contribution in [-0.2, 0) is 13.6 Å². The minimum atomic E-state index is 0.539. The van der Waals surface area contributed by atoms with Crippen LogP contribution in [0.15, 0.2) is 30.9 Å². The number of pyridine rings is 1. The van der Waals surface area contributed by atoms with Gasteiger partial charge in [-0.3, -0.25) is 9.47 Å². The zero-order valence-corrected chi connectivity index (χ0v) is 13.3. The van der Waals surface area contributed by atoms with Gasteiger partial charge in [0.15, 0.2) is 5.82 Å². The van der Waals surface area contributed by atoms with Gasteiger partial charge in [0.2, 0.25) is 0 Å². The summed E-state index contributed by atoms with van der Waals surface area (Å²) in [6.45, 7) is 3.27. The first kappa shape index (κ1) is 13.8. The smallest absolute Gasteiger partial charge is 0.156 e. The van der Waals surface area contributed by atoms with Gasteiger partial charge in [0, 0.05) is 31.4 Å². The lowest BCUT2D eigenvalue weighted by molar-refractivity contribution is 0.332. The van der Waals surface area contributed by atoms with Crippen molar-refractivity contribution in [2.24, 2.45) is 7.05 Å². The third-order valence-corrected chi connectivity index (χ3v) is 4.44. The number of hydrogen-bond donors (Lipinski definition) is 0. The van der Waals surface area contributed by atoms with E-state index in [1.54, 1.807) is 6.33 Å². The maximum Gasteiger partial charge on any atom is 0.156 e. The zero-order valence-electron chi connectivity index (χ0n) is 12.5. The Bertz CT molecular complexity index is 813. The van der Waals surface area contributed by atoms with Crippen LogP contribution in [0.25, 0.3) is 16.9 Å². The first-order valence-electron chi connectivity index (χ1n) is 7.58. The molecule has 0 aromatic carbocycles. The molecule has 0 aliphatic carbocycles. The van der Waals surface area contributed by atoms with Crippen LogP contribution in [-0.4, -0.2) is 37.1 Å². The Labute approximate surface area is 134 Å². The normalized spacial score (nSPS) is 15.9. The lowest BCUT2D eigenvalue weighted by Gasteiger charge is -2.15. The summed E-state index contributed by atoms with van der Waals surface area (Å²) in [6.07, 6.45) is 8.36. The van der Waals surface area contributed by atoms with E-state index in [4.69, 9.17) is 11.6 Å². The van der Waals surface area contributed by atoms with Crippen LogP contribution < -0.4 is 0 Å². The molecule has 4 heterocycles. The molecule has 0 radical (unpaired) electrons. The van der Waals surface area contributed by atoms with Crippen LogP contribution >= 0.6 is 11.6 Å². The number of rotatable bonds is 3. The summed E-state index contributed by atoms with van der Waals surface area (Å²) in [7, 11) is 1.96. The SMILES string of the molecule is Cn1cnc(-n2ccc3c(CN4CCCC4)cc(Cl)nc32)c1. The molecule has 1 aliphatic heterocycles. The molecule has 114 valence electrons. The molecule has 22 heavy (non-hydrogen) atoms. The number of imidazole rings is 1. The van der Waals surface area contributed by atoms with Crippen molar-refractivity contribution in [1.82, 2.24) is 24.0 Å². The van der Waals surface area contributed by atoms with E-state index in [1.165, 1.54) is 31.5 Å². The van der Waals surface area contributed by atoms with Gasteiger partial charge in [-0.05, 0) is 43.6 Å². The van der Waals surface area contributed by atoms with Crippen molar-refractivity contribution in [2.45, 2.75) is 19.4 Å². The van der Waals surface area contributed by atoms with Crippen LogP contribution in [0.1, 0.15) is 18.4 Å². The molecule has 3 aromatic rings. The maximum absolute atomic E-state index is 6.26. The minimum Gasteiger partial charge on any atom is -0.338 e. The number of hydrogen-bond acceptors (Lipinski definition) is 3. The summed E-state index contributed by atoms with van der Waals surface area (Å²) in [5.74, 6) is 0.861. The van der Waals surface area contributed by atoms with Crippen LogP contribution in [0.4, 0.5) is 0 Å². The fourth-order valence-electron chi connectivity index (χ4n) is 3.16. The Morgan fingerprint density at radius 3 is 2.82 bits per heavy atom. The van der Waals surface area contributed by atoms with Gasteiger partial charge in [-0.1, -0.05) is 11.6 Å². The van der Waals surface area contributed by atoms with Gasteiger partial charge in [-0.25, -0.2) is 9.97 Å². The molecule has 0 N–H and O–H groups in total. The zero-order chi connectivity index (χ0) is 15.1. The van der Waals surface area contributed by atoms with Crippen molar-refractivity contribution < 1.29 is 0 Å². The van der Waals surface area contributed by atoms with Crippen molar-refractivity contribution in [2.75, 3.05) is 13.1 Å². The molecule has 0 unspecified atom stereocenters. The fraction of sp³-hybridized carbons (Fsp3) is 0.375. The minimum absolute atomic E-state index is 0.539. The topological polar surface area (TPSA) is 38.9 Å². The molecule has 0 bridgehead atoms. The monoisotopic (exact) mass is 315 g/mol. The molecule has 0 saturated carbocycles. The third kappa shape index (κ3) is 2.40. The number of aryl methyl sites for hydroxylation is 1. The number of likely N-dealkylation sites (tertiary alicyclic amines) is 1. The van der Waals surface area contributed by atoms with Gasteiger partial charge in [0.25, 0.3) is 0 Å². The molecular weight excluding hydrogens is 298 g/mol. The molecule has 1 aliphatic rings. The molecule has 4 rings (SSSR count). The van der Waals surface area contributed by atoms with E-state index >= 15 is 0 Å². The standard InChI is InChI=1S/C16H18ClN5/c1-20-10-15(18-11-20)22-7-4-13-12(8-14(17)19-16(13)22)9-21-5-2-3-6-21/h4,7-8,10-11H,2-3,5-6,9H2,1H3. The summed E-state index contributed by atoms with van der Waals surface area (Å²) in [5.41, 5.74) is 2.12. The molecule has 1 saturated heterocycles. The van der Waals surface area contributed by atoms with E-state index < -0.39 is 0 Å². The summed E-state index contributed by atoms with van der Waals surface area (Å²) in [4.78, 5) is 11.4. The molecule has 6 heteroatoms. The van der Waals surface area contributed by atoms with Crippen molar-refractivity contribution in [3.05, 3.63) is 41.6 Å². The second-order valence-corrected chi connectivity index (χ2v) is 6.29. The van der Waals surface area contributed by atoms with Crippen molar-refractivity contribution in [3.8, 4) is 5.82 Å². The number of halogens is 1. The Morgan fingerprint density at radius 2 is 2.09 bits per heavy atom. The van der Waals surface area contributed by atoms with E-state index in [2.05, 4.69) is 20.9 Å². The predicted molar refractivity (Wildman–Crippen MR) is 87.4 cm³/mol. The summed E-state index contributed by atoms with van der Waals surface area (Å²) in [6, 6.07) is 4.10. The summed E-state index contributed by atoms with van der Waals surface area (Å²) >= 11 is 6.26. The third-order valence-electron chi connectivity index (χ3n) is 4.24. The first-order valence-corrected chi connectivity index (χ1v) is 7.96. The Hall–Kier alpha value is -1.85. The molecule has 1 fully saturated rings. The van der Waals surface area contributed by atoms with Crippen LogP contribution in [0.2, 0.25) is 5.15 Å². The van der Waals surface area contributed by atoms with Crippen LogP contribution in [0, 0.1) is 0 Å². The quantitative estimate of drug-likeness (QED) is 0.697. The Balaban J connectivity index is 1.80. The highest BCUT2D eigenvalue weighted by atomic mass is 35.5. The van der Waals surface area contributed by atoms with E-state index in [9.17, 15) is 0 Å². The lowest BCUT2D eigenvalue weighted by atomic mass is 10.2. The Kier molecular flexibility index (Phi) is 3.39. The van der Waals surface area contributed by atoms with Gasteiger partial charge in [-0.2, -0.15) is 0 Å². The number of nitrogens with zero attached hydrogens (tertiary/aromatic N) is 5. The lowest BCUT2D eigenvalue weighted by Crippen LogP contribution is -2.18. The van der Waals surface area contributed by atoms with Gasteiger partial charge >= 0.3 is 0 Å². The second kappa shape index (κ2) is 5.41. The van der Waals surface area contributed by atoms with E-state index in [0.29, 0.717) is 5.15 Å². The molecule has 0 amide bonds. The van der Waals surface area contributed by atoms with E-state index in [-0.39, 0.29) is 0 Å². The largest absolute Gasteiger partial charge is 0.338 e. The summed E-state index contributed by atoms with van der Waals surface area (Å²) in [5, 5.41) is 1.69. The van der Waals surface area contributed by atoms with Crippen molar-refractivity contribution in [3.63, 3.8) is 0 Å². The molecule has 0 atom stereocenters. The average molecular weight is 316 g/mol. The van der Waals surface area contributed by atoms with Gasteiger partial charge in [0.05, 0.1) is 6.33 Å². The fourth-order valence-corrected chi connectivity index (χ4v) is 3.38. The highest BCUT2D eigenvalue weighted by molar-refractivity contribution is 6.29. The highest BCUT2D eigenvalue weighted by Gasteiger charge is 2.16. The van der Waals surface area contributed by atoms with Crippen molar-refractivity contribution in [1.29, 1.82) is 0 Å². The van der Waals surface area contributed by atoms with Gasteiger partial charge in [-0.15, -0.1) is 0 Å². The maximum atomic E-state index is 6.26. The van der Waals surface area contributed by atoms with Gasteiger partial charge < -0.3 is 4.57 Å². The van der Waals surface area contributed by atoms with E-state index in [1.807, 2.05) is 34.6 Å². The first-order chi connectivity index (χ1) is 10.7. The molecule has 3 aromatic heterocycles. The van der Waals surface area contributed by atoms with Crippen molar-refractivity contribution >= 4 is 22.6 Å². The molecule has 5 nitrogen and oxygen atoms in total. The van der Waals surface area contributed by atoms with Gasteiger partial charge in [0.1, 0.15) is 10.8 Å². The van der Waals surface area contributed by atoms with Crippen LogP contribution in [0.5, 0.6) is 0 Å². The summed E-state index contributed by atoms with van der Waals surface area (Å²) < 4.78 is 3.92. The highest BCUT2D eigenvalue weighted by Crippen LogP contribution is 2.26. The predicted octanol–water partition coefficient (Wildman–Crippen LogP) is 3.01. The van der Waals surface area contributed by atoms with Crippen LogP contribution in [0.3, 0.4) is 0 Å². The number of aromatic nitrogens is 4.